The Balaban J connectivity index is 2.39. The minimum Gasteiger partial charge on any atom is -0.242 e. The molecule has 0 bridgehead atoms. The van der Waals surface area contributed by atoms with Crippen molar-refractivity contribution in [2.24, 2.45) is 0 Å². The summed E-state index contributed by atoms with van der Waals surface area (Å²) in [5.74, 6) is 0. The zero-order valence-electron chi connectivity index (χ0n) is 13.7. The average molecular weight is 312 g/mol. The summed E-state index contributed by atoms with van der Waals surface area (Å²) in [6, 6.07) is 18.4. The van der Waals surface area contributed by atoms with E-state index in [-0.39, 0.29) is 10.8 Å². The second-order valence-corrected chi connectivity index (χ2v) is 8.30. The molecule has 1 N–H and O–H groups in total. The minimum atomic E-state index is -1.14. The molecule has 0 unspecified atom stereocenters. The van der Waals surface area contributed by atoms with E-state index in [0.29, 0.717) is 0 Å². The second-order valence-electron chi connectivity index (χ2n) is 6.30. The van der Waals surface area contributed by atoms with Crippen molar-refractivity contribution in [3.63, 3.8) is 0 Å². The summed E-state index contributed by atoms with van der Waals surface area (Å²) in [5, 5.41) is 0. The minimum absolute atomic E-state index is 0.0823. The fourth-order valence-electron chi connectivity index (χ4n) is 2.18. The molecule has 1 radical (unpaired) electrons. The number of hydrogen-bond acceptors (Lipinski definition) is 1. The monoisotopic (exact) mass is 312 g/mol. The summed E-state index contributed by atoms with van der Waals surface area (Å²) in [7, 11) is 0.939. The van der Waals surface area contributed by atoms with Crippen LogP contribution >= 0.6 is 0 Å². The molecule has 2 atom stereocenters. The Labute approximate surface area is 137 Å². The summed E-state index contributed by atoms with van der Waals surface area (Å²) in [4.78, 5) is 0. The van der Waals surface area contributed by atoms with Gasteiger partial charge in [0.25, 0.3) is 0 Å². The lowest BCUT2D eigenvalue weighted by molar-refractivity contribution is 0.623. The Bertz CT molecular complexity index is 637. The number of nitrogens with one attached hydrogen (secondary N) is 1. The van der Waals surface area contributed by atoms with E-state index in [4.69, 9.17) is 0 Å². The molecule has 2 rings (SSSR count). The zero-order chi connectivity index (χ0) is 16.2. The van der Waals surface area contributed by atoms with Crippen LogP contribution in [0.5, 0.6) is 0 Å². The van der Waals surface area contributed by atoms with Gasteiger partial charge in [0.15, 0.2) is 0 Å². The van der Waals surface area contributed by atoms with Gasteiger partial charge >= 0.3 is 0 Å². The molecule has 0 spiro atoms. The normalized spacial score (nSPS) is 14.4. The zero-order valence-corrected chi connectivity index (χ0v) is 14.5. The first-order valence-corrected chi connectivity index (χ1v) is 8.69. The highest BCUT2D eigenvalue weighted by atomic mass is 32.2. The molecule has 2 aromatic rings. The Morgan fingerprint density at radius 3 is 2.23 bits per heavy atom. The summed E-state index contributed by atoms with van der Waals surface area (Å²) in [6.45, 7) is 7.97. The van der Waals surface area contributed by atoms with Crippen LogP contribution in [-0.4, -0.2) is 16.2 Å². The molecular weight excluding hydrogens is 289 g/mol. The lowest BCUT2D eigenvalue weighted by Crippen LogP contribution is -2.36. The molecule has 0 saturated carbocycles. The highest BCUT2D eigenvalue weighted by molar-refractivity contribution is 7.84. The largest absolute Gasteiger partial charge is 0.242 e. The smallest absolute Gasteiger partial charge is 0.148 e. The van der Waals surface area contributed by atoms with Gasteiger partial charge < -0.3 is 0 Å². The molecule has 0 aromatic heterocycles. The maximum absolute atomic E-state index is 12.6. The average Bonchev–Trinajstić information content (AvgIpc) is 2.52. The molecule has 22 heavy (non-hydrogen) atoms. The first-order valence-electron chi connectivity index (χ1n) is 7.54. The maximum Gasteiger partial charge on any atom is 0.148 e. The summed E-state index contributed by atoms with van der Waals surface area (Å²) in [5.41, 5.74) is 3.41. The van der Waals surface area contributed by atoms with Crippen molar-refractivity contribution in [3.8, 4) is 0 Å². The molecule has 0 aliphatic carbocycles. The van der Waals surface area contributed by atoms with Crippen LogP contribution in [0, 0.1) is 0 Å². The van der Waals surface area contributed by atoms with Crippen molar-refractivity contribution < 1.29 is 4.21 Å². The van der Waals surface area contributed by atoms with Gasteiger partial charge in [-0.25, -0.2) is 8.93 Å². The number of rotatable bonds is 5. The van der Waals surface area contributed by atoms with Crippen LogP contribution in [0.25, 0.3) is 0 Å². The summed E-state index contributed by atoms with van der Waals surface area (Å²) >= 11 is 0. The van der Waals surface area contributed by atoms with Crippen molar-refractivity contribution in [1.82, 2.24) is 4.72 Å². The molecule has 4 heteroatoms. The number of benzene rings is 2. The van der Waals surface area contributed by atoms with Gasteiger partial charge in [-0.15, -0.1) is 0 Å². The van der Waals surface area contributed by atoms with E-state index in [1.807, 2.05) is 51.9 Å². The molecule has 2 aromatic carbocycles. The van der Waals surface area contributed by atoms with Gasteiger partial charge in [0.1, 0.15) is 7.28 Å². The molecule has 2 nitrogen and oxygen atoms in total. The molecule has 0 fully saturated rings. The van der Waals surface area contributed by atoms with Gasteiger partial charge in [0, 0.05) is 0 Å². The first kappa shape index (κ1) is 17.0. The van der Waals surface area contributed by atoms with Crippen molar-refractivity contribution in [3.05, 3.63) is 65.7 Å². The van der Waals surface area contributed by atoms with E-state index < -0.39 is 11.0 Å². The highest BCUT2D eigenvalue weighted by Gasteiger charge is 2.24. The van der Waals surface area contributed by atoms with E-state index in [2.05, 4.69) is 42.3 Å². The third-order valence-corrected chi connectivity index (χ3v) is 5.05. The van der Waals surface area contributed by atoms with Gasteiger partial charge in [0.05, 0.1) is 21.8 Å². The van der Waals surface area contributed by atoms with Crippen molar-refractivity contribution in [1.29, 1.82) is 0 Å². The highest BCUT2D eigenvalue weighted by Crippen LogP contribution is 2.23. The first-order chi connectivity index (χ1) is 10.4. The number of hydrogen-bond donors (Lipinski definition) is 1. The van der Waals surface area contributed by atoms with Crippen LogP contribution in [0.3, 0.4) is 0 Å². The lowest BCUT2D eigenvalue weighted by atomic mass is 9.72. The third-order valence-electron chi connectivity index (χ3n) is 3.49. The van der Waals surface area contributed by atoms with E-state index in [9.17, 15) is 4.21 Å². The van der Waals surface area contributed by atoms with Gasteiger partial charge in [0.2, 0.25) is 0 Å². The molecule has 0 heterocycles. The molecule has 0 amide bonds. The van der Waals surface area contributed by atoms with Crippen LogP contribution in [0.4, 0.5) is 0 Å². The Hall–Kier alpha value is -1.39. The quantitative estimate of drug-likeness (QED) is 0.844. The van der Waals surface area contributed by atoms with Gasteiger partial charge in [-0.05, 0) is 31.9 Å². The molecule has 0 aliphatic rings. The second kappa shape index (κ2) is 7.25. The molecule has 115 valence electrons. The summed E-state index contributed by atoms with van der Waals surface area (Å²) < 4.78 is 15.6. The van der Waals surface area contributed by atoms with E-state index >= 15 is 0 Å². The van der Waals surface area contributed by atoms with Crippen LogP contribution in [0.2, 0.25) is 6.82 Å². The van der Waals surface area contributed by atoms with E-state index in [1.54, 1.807) is 0 Å². The van der Waals surface area contributed by atoms with Gasteiger partial charge in [-0.2, -0.15) is 0 Å². The van der Waals surface area contributed by atoms with Crippen LogP contribution in [-0.2, 0) is 11.0 Å². The fraction of sp³-hybridized carbons (Fsp3) is 0.333. The molecule has 0 saturated heterocycles. The Kier molecular flexibility index (Phi) is 5.60. The topological polar surface area (TPSA) is 29.1 Å². The predicted molar refractivity (Wildman–Crippen MR) is 97.0 cm³/mol. The van der Waals surface area contributed by atoms with Crippen LogP contribution in [0.1, 0.15) is 37.9 Å². The van der Waals surface area contributed by atoms with E-state index in [0.717, 1.165) is 11.1 Å². The lowest BCUT2D eigenvalue weighted by Gasteiger charge is -2.25. The van der Waals surface area contributed by atoms with Crippen molar-refractivity contribution in [2.45, 2.75) is 38.4 Å². The Morgan fingerprint density at radius 2 is 1.64 bits per heavy atom. The predicted octanol–water partition coefficient (Wildman–Crippen LogP) is 3.21. The third kappa shape index (κ3) is 4.31. The van der Waals surface area contributed by atoms with Crippen LogP contribution < -0.4 is 10.2 Å². The molecule has 0 aliphatic heterocycles. The van der Waals surface area contributed by atoms with Crippen molar-refractivity contribution >= 4 is 23.7 Å². The van der Waals surface area contributed by atoms with E-state index in [1.165, 1.54) is 5.46 Å². The SMILES string of the molecule is C[B]c1cccc([C@H](N[S@@](=O)C(C)(C)C)c2ccccc2)c1. The Morgan fingerprint density at radius 1 is 1.00 bits per heavy atom. The standard InChI is InChI=1S/C18H23BNOS/c1-18(2,3)22(21)20-17(14-9-6-5-7-10-14)15-11-8-12-16(13-15)19-4/h5-13,17,20H,1-4H3/t17-,22+/m1/s1. The fourth-order valence-corrected chi connectivity index (χ4v) is 3.02. The van der Waals surface area contributed by atoms with Gasteiger partial charge in [-0.3, -0.25) is 0 Å². The summed E-state index contributed by atoms with van der Waals surface area (Å²) in [6.07, 6.45) is 0. The van der Waals surface area contributed by atoms with Gasteiger partial charge in [-0.1, -0.05) is 66.9 Å². The van der Waals surface area contributed by atoms with Crippen LogP contribution in [0.15, 0.2) is 54.6 Å². The molecular formula is C18H23BNOS. The van der Waals surface area contributed by atoms with Crippen molar-refractivity contribution in [2.75, 3.05) is 0 Å². The maximum atomic E-state index is 12.6.